The number of benzene rings is 2. The number of nitrogens with zero attached hydrogens (tertiary/aromatic N) is 2. The molecule has 0 bridgehead atoms. The Kier molecular flexibility index (Phi) is 4.59. The van der Waals surface area contributed by atoms with Gasteiger partial charge in [-0.1, -0.05) is 23.7 Å². The molecule has 5 aromatic rings. The molecule has 5 nitrogen and oxygen atoms in total. The third-order valence-electron chi connectivity index (χ3n) is 4.87. The first-order valence-electron chi connectivity index (χ1n) is 9.22. The first kappa shape index (κ1) is 18.6. The number of H-pyrrole nitrogens is 2. The summed E-state index contributed by atoms with van der Waals surface area (Å²) in [6.07, 6.45) is 3.44. The van der Waals surface area contributed by atoms with Crippen LogP contribution in [0.3, 0.4) is 0 Å². The minimum absolute atomic E-state index is 0.00297. The van der Waals surface area contributed by atoms with Crippen molar-refractivity contribution < 1.29 is 13.5 Å². The van der Waals surface area contributed by atoms with Crippen LogP contribution in [0.25, 0.3) is 22.1 Å². The number of hydrogen-bond acceptors (Lipinski definition) is 3. The molecule has 0 atom stereocenters. The molecule has 0 aliphatic heterocycles. The lowest BCUT2D eigenvalue weighted by molar-refractivity contribution is 0.280. The normalized spacial score (nSPS) is 11.4. The molecule has 3 heterocycles. The Labute approximate surface area is 174 Å². The zero-order valence-corrected chi connectivity index (χ0v) is 16.3. The van der Waals surface area contributed by atoms with Crippen LogP contribution in [-0.4, -0.2) is 19.9 Å². The summed E-state index contributed by atoms with van der Waals surface area (Å²) in [5.74, 6) is -0.831. The summed E-state index contributed by atoms with van der Waals surface area (Å²) in [5, 5.41) is 1.25. The van der Waals surface area contributed by atoms with Crippen LogP contribution in [-0.2, 0) is 13.0 Å². The van der Waals surface area contributed by atoms with Gasteiger partial charge in [-0.2, -0.15) is 0 Å². The highest BCUT2D eigenvalue weighted by atomic mass is 35.5. The molecule has 0 unspecified atom stereocenters. The summed E-state index contributed by atoms with van der Waals surface area (Å²) in [6.45, 7) is -0.00297. The third kappa shape index (κ3) is 3.48. The van der Waals surface area contributed by atoms with Crippen molar-refractivity contribution in [2.75, 3.05) is 0 Å². The number of aromatic amines is 2. The maximum absolute atomic E-state index is 14.7. The molecule has 0 fully saturated rings. The third-order valence-corrected chi connectivity index (χ3v) is 5.07. The van der Waals surface area contributed by atoms with Crippen LogP contribution in [0.4, 0.5) is 8.78 Å². The van der Waals surface area contributed by atoms with E-state index in [1.807, 2.05) is 24.3 Å². The first-order chi connectivity index (χ1) is 14.6. The molecule has 5 rings (SSSR count). The van der Waals surface area contributed by atoms with Crippen LogP contribution in [0.15, 0.2) is 54.9 Å². The molecule has 8 heteroatoms. The molecule has 0 aliphatic carbocycles. The molecular weight excluding hydrogens is 410 g/mol. The van der Waals surface area contributed by atoms with Crippen molar-refractivity contribution >= 4 is 33.7 Å². The van der Waals surface area contributed by atoms with Crippen LogP contribution in [0.1, 0.15) is 17.0 Å². The fourth-order valence-corrected chi connectivity index (χ4v) is 3.58. The van der Waals surface area contributed by atoms with Crippen LogP contribution in [0, 0.1) is 11.6 Å². The van der Waals surface area contributed by atoms with E-state index in [0.717, 1.165) is 34.1 Å². The van der Waals surface area contributed by atoms with Gasteiger partial charge < -0.3 is 14.7 Å². The van der Waals surface area contributed by atoms with Crippen LogP contribution in [0.2, 0.25) is 5.02 Å². The Morgan fingerprint density at radius 3 is 2.77 bits per heavy atom. The number of ether oxygens (including phenoxy) is 1. The van der Waals surface area contributed by atoms with Gasteiger partial charge >= 0.3 is 0 Å². The largest absolute Gasteiger partial charge is 0.483 e. The molecule has 0 saturated carbocycles. The standard InChI is InChI=1S/C22H15ClF2N4O/c23-14-7-15-13(9-26-22(15)27-10-14)5-12-6-17(25)20(8-16(12)24)30-11-21-28-18-3-1-2-4-19(18)29-21/h1-4,6-10H,5,11H2,(H,26,27)(H,28,29). The van der Waals surface area contributed by atoms with E-state index in [4.69, 9.17) is 16.3 Å². The lowest BCUT2D eigenvalue weighted by Crippen LogP contribution is -2.02. The van der Waals surface area contributed by atoms with Gasteiger partial charge in [-0.05, 0) is 35.4 Å². The number of aromatic nitrogens is 4. The van der Waals surface area contributed by atoms with Crippen LogP contribution < -0.4 is 4.74 Å². The Morgan fingerprint density at radius 2 is 1.90 bits per heavy atom. The van der Waals surface area contributed by atoms with Gasteiger partial charge in [0, 0.05) is 30.3 Å². The van der Waals surface area contributed by atoms with E-state index in [0.29, 0.717) is 16.5 Å². The number of nitrogens with one attached hydrogen (secondary N) is 2. The zero-order chi connectivity index (χ0) is 20.7. The quantitative estimate of drug-likeness (QED) is 0.389. The summed E-state index contributed by atoms with van der Waals surface area (Å²) in [6, 6.07) is 11.5. The number of hydrogen-bond donors (Lipinski definition) is 2. The maximum Gasteiger partial charge on any atom is 0.165 e. The number of fused-ring (bicyclic) bond motifs is 2. The molecule has 0 saturated heterocycles. The van der Waals surface area contributed by atoms with Crippen LogP contribution in [0.5, 0.6) is 5.75 Å². The smallest absolute Gasteiger partial charge is 0.165 e. The number of imidazole rings is 1. The Balaban J connectivity index is 1.37. The summed E-state index contributed by atoms with van der Waals surface area (Å²) in [5.41, 5.74) is 3.26. The van der Waals surface area contributed by atoms with Gasteiger partial charge in [-0.25, -0.2) is 18.7 Å². The number of halogens is 3. The lowest BCUT2D eigenvalue weighted by atomic mass is 10.0. The number of para-hydroxylation sites is 2. The van der Waals surface area contributed by atoms with E-state index in [-0.39, 0.29) is 24.3 Å². The fraction of sp³-hybridized carbons (Fsp3) is 0.0909. The minimum atomic E-state index is -0.640. The molecule has 0 spiro atoms. The number of rotatable bonds is 5. The van der Waals surface area contributed by atoms with Gasteiger partial charge in [-0.3, -0.25) is 0 Å². The molecule has 2 N–H and O–H groups in total. The summed E-state index contributed by atoms with van der Waals surface area (Å²) in [7, 11) is 0. The minimum Gasteiger partial charge on any atom is -0.483 e. The van der Waals surface area contributed by atoms with Gasteiger partial charge in [0.05, 0.1) is 16.1 Å². The zero-order valence-electron chi connectivity index (χ0n) is 15.5. The van der Waals surface area contributed by atoms with E-state index < -0.39 is 11.6 Å². The molecule has 0 amide bonds. The van der Waals surface area contributed by atoms with Crippen molar-refractivity contribution in [1.29, 1.82) is 0 Å². The van der Waals surface area contributed by atoms with Gasteiger partial charge in [0.1, 0.15) is 23.9 Å². The maximum atomic E-state index is 14.7. The highest BCUT2D eigenvalue weighted by Crippen LogP contribution is 2.27. The van der Waals surface area contributed by atoms with Gasteiger partial charge in [-0.15, -0.1) is 0 Å². The molecule has 0 aliphatic rings. The second-order valence-electron chi connectivity index (χ2n) is 6.90. The SMILES string of the molecule is Fc1cc(OCc2nc3ccccc3[nH]2)c(F)cc1Cc1c[nH]c2ncc(Cl)cc12. The van der Waals surface area contributed by atoms with Crippen molar-refractivity contribution in [3.8, 4) is 5.75 Å². The average molecular weight is 425 g/mol. The average Bonchev–Trinajstić information content (AvgIpc) is 3.33. The van der Waals surface area contributed by atoms with E-state index in [1.165, 1.54) is 6.20 Å². The second-order valence-corrected chi connectivity index (χ2v) is 7.34. The van der Waals surface area contributed by atoms with Crippen molar-refractivity contribution in [2.24, 2.45) is 0 Å². The summed E-state index contributed by atoms with van der Waals surface area (Å²) >= 11 is 6.00. The van der Waals surface area contributed by atoms with Crippen LogP contribution >= 0.6 is 11.6 Å². The van der Waals surface area contributed by atoms with E-state index in [2.05, 4.69) is 19.9 Å². The van der Waals surface area contributed by atoms with E-state index in [1.54, 1.807) is 12.3 Å². The lowest BCUT2D eigenvalue weighted by Gasteiger charge is -2.09. The highest BCUT2D eigenvalue weighted by Gasteiger charge is 2.15. The molecule has 0 radical (unpaired) electrons. The molecule has 2 aromatic carbocycles. The predicted octanol–water partition coefficient (Wildman–Crippen LogP) is 5.54. The Bertz CT molecular complexity index is 1350. The van der Waals surface area contributed by atoms with Crippen molar-refractivity contribution in [2.45, 2.75) is 13.0 Å². The predicted molar refractivity (Wildman–Crippen MR) is 111 cm³/mol. The van der Waals surface area contributed by atoms with Crippen molar-refractivity contribution in [1.82, 2.24) is 19.9 Å². The highest BCUT2D eigenvalue weighted by molar-refractivity contribution is 6.31. The topological polar surface area (TPSA) is 66.6 Å². The number of pyridine rings is 1. The van der Waals surface area contributed by atoms with Gasteiger partial charge in [0.2, 0.25) is 0 Å². The van der Waals surface area contributed by atoms with E-state index >= 15 is 0 Å². The Hall–Kier alpha value is -3.45. The van der Waals surface area contributed by atoms with E-state index in [9.17, 15) is 8.78 Å². The molecule has 150 valence electrons. The molecule has 3 aromatic heterocycles. The van der Waals surface area contributed by atoms with Crippen molar-refractivity contribution in [3.63, 3.8) is 0 Å². The summed E-state index contributed by atoms with van der Waals surface area (Å²) < 4.78 is 34.7. The second kappa shape index (κ2) is 7.42. The monoisotopic (exact) mass is 424 g/mol. The first-order valence-corrected chi connectivity index (χ1v) is 9.60. The molecular formula is C22H15ClF2N4O. The summed E-state index contributed by atoms with van der Waals surface area (Å²) in [4.78, 5) is 14.6. The fourth-order valence-electron chi connectivity index (χ4n) is 3.42. The van der Waals surface area contributed by atoms with Gasteiger partial charge in [0.25, 0.3) is 0 Å². The van der Waals surface area contributed by atoms with Gasteiger partial charge in [0.15, 0.2) is 11.6 Å². The Morgan fingerprint density at radius 1 is 1.03 bits per heavy atom. The molecule has 30 heavy (non-hydrogen) atoms. The van der Waals surface area contributed by atoms with Crippen molar-refractivity contribution in [3.05, 3.63) is 88.5 Å².